The minimum atomic E-state index is -0.582. The van der Waals surface area contributed by atoms with E-state index in [2.05, 4.69) is 26.1 Å². The molecular weight excluding hydrogens is 520 g/mol. The lowest BCUT2D eigenvalue weighted by atomic mass is 10.1. The van der Waals surface area contributed by atoms with Gasteiger partial charge in [0.1, 0.15) is 29.4 Å². The zero-order chi connectivity index (χ0) is 27.8. The van der Waals surface area contributed by atoms with Crippen molar-refractivity contribution in [3.05, 3.63) is 76.0 Å². The van der Waals surface area contributed by atoms with Crippen molar-refractivity contribution in [2.75, 3.05) is 25.0 Å². The summed E-state index contributed by atoms with van der Waals surface area (Å²) in [6.07, 6.45) is 5.73. The van der Waals surface area contributed by atoms with Crippen molar-refractivity contribution in [3.8, 4) is 17.0 Å². The van der Waals surface area contributed by atoms with Crippen LogP contribution in [0.15, 0.2) is 58.1 Å². The molecule has 0 saturated heterocycles. The number of hydrogen-bond donors (Lipinski definition) is 4. The molecule has 4 aliphatic heterocycles. The Kier molecular flexibility index (Phi) is 9.35. The summed E-state index contributed by atoms with van der Waals surface area (Å²) in [4.78, 5) is 29.4. The summed E-state index contributed by atoms with van der Waals surface area (Å²) in [6.45, 7) is 5.06. The molecule has 0 spiro atoms. The molecule has 1 aromatic heterocycles. The summed E-state index contributed by atoms with van der Waals surface area (Å²) >= 11 is 6.46. The summed E-state index contributed by atoms with van der Waals surface area (Å²) in [5, 5.41) is 13.4. The Hall–Kier alpha value is -4.15. The number of rotatable bonds is 0. The number of benzene rings is 2. The molecule has 5 heterocycles. The Balaban J connectivity index is 1.57. The van der Waals surface area contributed by atoms with Crippen LogP contribution in [0.4, 0.5) is 5.69 Å². The molecule has 11 heteroatoms. The Bertz CT molecular complexity index is 1370. The molecule has 0 atom stereocenters. The van der Waals surface area contributed by atoms with Crippen molar-refractivity contribution in [3.63, 3.8) is 0 Å². The van der Waals surface area contributed by atoms with Crippen molar-refractivity contribution in [1.29, 1.82) is 0 Å². The smallest absolute Gasteiger partial charge is 0.286 e. The SMILES string of the molecule is Cc1cc2cc(Cl)c1NC(=O)CNCCC/C=C\COc1ccc(cc1)-c1noc(C)c1C(=O)/N=C(\N)NC2. The van der Waals surface area contributed by atoms with Crippen molar-refractivity contribution in [1.82, 2.24) is 15.8 Å². The number of guanidine groups is 1. The van der Waals surface area contributed by atoms with Crippen molar-refractivity contribution in [2.24, 2.45) is 10.7 Å². The first-order valence-electron chi connectivity index (χ1n) is 12.6. The average molecular weight is 551 g/mol. The molecule has 0 unspecified atom stereocenters. The number of nitrogens with zero attached hydrogens (tertiary/aromatic N) is 2. The molecule has 5 N–H and O–H groups in total. The molecule has 4 bridgehead atoms. The van der Waals surface area contributed by atoms with E-state index in [0.717, 1.165) is 24.0 Å². The number of nitrogens with two attached hydrogens (primary N) is 1. The van der Waals surface area contributed by atoms with E-state index < -0.39 is 5.91 Å². The number of aliphatic imine (C=N–C) groups is 1. The van der Waals surface area contributed by atoms with Gasteiger partial charge in [-0.2, -0.15) is 4.99 Å². The van der Waals surface area contributed by atoms with E-state index in [1.807, 2.05) is 25.1 Å². The summed E-state index contributed by atoms with van der Waals surface area (Å²) in [6, 6.07) is 10.8. The Labute approximate surface area is 231 Å². The molecule has 0 radical (unpaired) electrons. The third kappa shape index (κ3) is 7.46. The lowest BCUT2D eigenvalue weighted by molar-refractivity contribution is -0.115. The molecule has 2 aromatic carbocycles. The van der Waals surface area contributed by atoms with E-state index in [0.29, 0.717) is 46.6 Å². The van der Waals surface area contributed by atoms with E-state index in [1.54, 1.807) is 37.3 Å². The molecule has 4 aliphatic rings. The van der Waals surface area contributed by atoms with Gasteiger partial charge in [-0.1, -0.05) is 35.0 Å². The van der Waals surface area contributed by atoms with Crippen LogP contribution in [-0.4, -0.2) is 42.6 Å². The van der Waals surface area contributed by atoms with E-state index >= 15 is 0 Å². The lowest BCUT2D eigenvalue weighted by Crippen LogP contribution is -2.32. The van der Waals surface area contributed by atoms with Gasteiger partial charge in [0.25, 0.3) is 5.91 Å². The summed E-state index contributed by atoms with van der Waals surface area (Å²) in [5.74, 6) is 0.185. The van der Waals surface area contributed by atoms with Gasteiger partial charge in [0.2, 0.25) is 5.91 Å². The minimum absolute atomic E-state index is 0.0676. The standard InChI is InChI=1S/C28H31ClN6O4/c1-17-13-19-14-22(29)25(17)33-23(36)16-31-11-5-3-4-6-12-38-21-9-7-20(8-10-21)26-24(18(2)39-35-26)27(37)34-28(30)32-15-19/h4,6-10,13-14,31H,3,5,11-12,15-16H2,1-2H3,(H,33,36)(H3,30,32,34,37)/b6-4-. The molecule has 0 fully saturated rings. The van der Waals surface area contributed by atoms with E-state index in [-0.39, 0.29) is 30.5 Å². The highest BCUT2D eigenvalue weighted by atomic mass is 35.5. The van der Waals surface area contributed by atoms with E-state index in [1.165, 1.54) is 0 Å². The number of anilines is 1. The van der Waals surface area contributed by atoms with Crippen molar-refractivity contribution in [2.45, 2.75) is 33.2 Å². The maximum absolute atomic E-state index is 13.0. The number of carbonyl (C=O) groups is 2. The Morgan fingerprint density at radius 1 is 1.05 bits per heavy atom. The first kappa shape index (κ1) is 27.9. The van der Waals surface area contributed by atoms with E-state index in [4.69, 9.17) is 26.6 Å². The molecule has 7 rings (SSSR count). The molecule has 0 saturated carbocycles. The number of nitrogens with one attached hydrogen (secondary N) is 3. The number of ether oxygens (including phenoxy) is 1. The summed E-state index contributed by atoms with van der Waals surface area (Å²) in [7, 11) is 0. The second-order valence-electron chi connectivity index (χ2n) is 9.06. The van der Waals surface area contributed by atoms with Crippen LogP contribution in [0.1, 0.15) is 40.1 Å². The van der Waals surface area contributed by atoms with Gasteiger partial charge in [0.15, 0.2) is 5.96 Å². The molecule has 39 heavy (non-hydrogen) atoms. The van der Waals surface area contributed by atoms with Gasteiger partial charge in [0, 0.05) is 12.1 Å². The number of amides is 2. The van der Waals surface area contributed by atoms with Gasteiger partial charge in [-0.05, 0) is 74.7 Å². The fraction of sp³-hybridized carbons (Fsp3) is 0.286. The molecular formula is C28H31ClN6O4. The largest absolute Gasteiger partial charge is 0.490 e. The number of carbonyl (C=O) groups excluding carboxylic acids is 2. The van der Waals surface area contributed by atoms with Gasteiger partial charge in [0.05, 0.1) is 17.3 Å². The zero-order valence-electron chi connectivity index (χ0n) is 21.8. The van der Waals surface area contributed by atoms with Crippen LogP contribution < -0.4 is 26.4 Å². The average Bonchev–Trinajstić information content (AvgIpc) is 3.30. The normalized spacial score (nSPS) is 17.9. The number of aromatic nitrogens is 1. The van der Waals surface area contributed by atoms with Gasteiger partial charge < -0.3 is 30.9 Å². The third-order valence-electron chi connectivity index (χ3n) is 6.03. The highest BCUT2D eigenvalue weighted by molar-refractivity contribution is 6.34. The van der Waals surface area contributed by atoms with Crippen LogP contribution in [0.25, 0.3) is 11.3 Å². The van der Waals surface area contributed by atoms with Crippen LogP contribution in [0.2, 0.25) is 5.02 Å². The maximum Gasteiger partial charge on any atom is 0.286 e. The van der Waals surface area contributed by atoms with Gasteiger partial charge in [-0.15, -0.1) is 0 Å². The molecule has 10 nitrogen and oxygen atoms in total. The second kappa shape index (κ2) is 13.1. The first-order valence-corrected chi connectivity index (χ1v) is 13.0. The van der Waals surface area contributed by atoms with Crippen molar-refractivity contribution >= 4 is 35.1 Å². The van der Waals surface area contributed by atoms with Crippen LogP contribution >= 0.6 is 11.6 Å². The molecule has 204 valence electrons. The highest BCUT2D eigenvalue weighted by Crippen LogP contribution is 2.29. The topological polar surface area (TPSA) is 144 Å². The Morgan fingerprint density at radius 2 is 1.85 bits per heavy atom. The minimum Gasteiger partial charge on any atom is -0.490 e. The maximum atomic E-state index is 13.0. The van der Waals surface area contributed by atoms with Crippen molar-refractivity contribution < 1.29 is 18.8 Å². The summed E-state index contributed by atoms with van der Waals surface area (Å²) < 4.78 is 11.1. The lowest BCUT2D eigenvalue weighted by Gasteiger charge is -2.14. The van der Waals surface area contributed by atoms with Crippen LogP contribution in [-0.2, 0) is 11.3 Å². The predicted molar refractivity (Wildman–Crippen MR) is 151 cm³/mol. The monoisotopic (exact) mass is 550 g/mol. The van der Waals surface area contributed by atoms with Crippen LogP contribution in [0, 0.1) is 13.8 Å². The quantitative estimate of drug-likeness (QED) is 0.306. The third-order valence-corrected chi connectivity index (χ3v) is 6.33. The van der Waals surface area contributed by atoms with Gasteiger partial charge >= 0.3 is 0 Å². The molecule has 3 aromatic rings. The van der Waals surface area contributed by atoms with Crippen LogP contribution in [0.5, 0.6) is 5.75 Å². The number of halogens is 1. The fourth-order valence-electron chi connectivity index (χ4n) is 4.06. The predicted octanol–water partition coefficient (Wildman–Crippen LogP) is 4.11. The number of hydrogen-bond acceptors (Lipinski definition) is 8. The van der Waals surface area contributed by atoms with Gasteiger partial charge in [-0.3, -0.25) is 9.59 Å². The number of allylic oxidation sites excluding steroid dienone is 1. The number of aryl methyl sites for hydroxylation is 2. The first-order chi connectivity index (χ1) is 18.8. The molecule has 0 aliphatic carbocycles. The second-order valence-corrected chi connectivity index (χ2v) is 9.47. The fourth-order valence-corrected chi connectivity index (χ4v) is 4.40. The van der Waals surface area contributed by atoms with Gasteiger partial charge in [-0.25, -0.2) is 0 Å². The van der Waals surface area contributed by atoms with E-state index in [9.17, 15) is 9.59 Å². The zero-order valence-corrected chi connectivity index (χ0v) is 22.6. The molecule has 2 amide bonds. The Morgan fingerprint density at radius 3 is 2.62 bits per heavy atom. The summed E-state index contributed by atoms with van der Waals surface area (Å²) in [5.41, 5.74) is 9.45. The van der Waals surface area contributed by atoms with Crippen LogP contribution in [0.3, 0.4) is 0 Å². The highest BCUT2D eigenvalue weighted by Gasteiger charge is 2.22.